The number of hydrogen-bond donors (Lipinski definition) is 1. The van der Waals surface area contributed by atoms with E-state index in [-0.39, 0.29) is 17.9 Å². The second-order valence-corrected chi connectivity index (χ2v) is 10.6. The van der Waals surface area contributed by atoms with E-state index < -0.39 is 5.41 Å². The number of carbonyl (C=O) groups is 2. The molecule has 194 valence electrons. The number of likely N-dealkylation sites (tertiary alicyclic amines) is 1. The number of methoxy groups -OCH3 is 1. The van der Waals surface area contributed by atoms with Gasteiger partial charge in [-0.15, -0.1) is 0 Å². The number of piperidine rings is 1. The third kappa shape index (κ3) is 6.18. The van der Waals surface area contributed by atoms with E-state index in [2.05, 4.69) is 36.3 Å². The maximum absolute atomic E-state index is 13.8. The van der Waals surface area contributed by atoms with Gasteiger partial charge in [-0.05, 0) is 62.1 Å². The number of nitrogens with zero attached hydrogens (tertiary/aromatic N) is 2. The van der Waals surface area contributed by atoms with E-state index in [1.165, 1.54) is 5.56 Å². The van der Waals surface area contributed by atoms with Gasteiger partial charge in [0.1, 0.15) is 23.8 Å². The highest BCUT2D eigenvalue weighted by molar-refractivity contribution is 5.93. The third-order valence-corrected chi connectivity index (χ3v) is 7.53. The van der Waals surface area contributed by atoms with Crippen LogP contribution < -0.4 is 14.8 Å². The molecule has 2 aliphatic heterocycles. The van der Waals surface area contributed by atoms with Crippen molar-refractivity contribution in [3.8, 4) is 11.5 Å². The quantitative estimate of drug-likeness (QED) is 0.671. The largest absolute Gasteiger partial charge is 0.497 e. The molecule has 0 unspecified atom stereocenters. The van der Waals surface area contributed by atoms with Gasteiger partial charge in [0.15, 0.2) is 0 Å². The summed E-state index contributed by atoms with van der Waals surface area (Å²) in [5.74, 6) is 1.97. The molecule has 7 nitrogen and oxygen atoms in total. The van der Waals surface area contributed by atoms with Crippen LogP contribution in [0.25, 0.3) is 0 Å². The molecular weight excluding hydrogens is 454 g/mol. The molecule has 36 heavy (non-hydrogen) atoms. The number of amides is 2. The van der Waals surface area contributed by atoms with Crippen molar-refractivity contribution in [2.24, 2.45) is 11.3 Å². The topological polar surface area (TPSA) is 80.8 Å². The number of hydrogen-bond acceptors (Lipinski definition) is 5. The Bertz CT molecular complexity index is 1050. The molecule has 7 heteroatoms. The molecule has 1 N–H and O–H groups in total. The molecule has 1 aromatic carbocycles. The molecule has 1 saturated heterocycles. The maximum atomic E-state index is 13.8. The predicted molar refractivity (Wildman–Crippen MR) is 139 cm³/mol. The summed E-state index contributed by atoms with van der Waals surface area (Å²) >= 11 is 0. The molecule has 0 aliphatic carbocycles. The summed E-state index contributed by atoms with van der Waals surface area (Å²) in [4.78, 5) is 32.9. The zero-order valence-corrected chi connectivity index (χ0v) is 21.8. The summed E-state index contributed by atoms with van der Waals surface area (Å²) in [6.45, 7) is 5.88. The predicted octanol–water partition coefficient (Wildman–Crippen LogP) is 4.65. The van der Waals surface area contributed by atoms with Crippen LogP contribution in [0.1, 0.15) is 68.4 Å². The monoisotopic (exact) mass is 493 g/mol. The highest BCUT2D eigenvalue weighted by atomic mass is 16.5. The molecule has 1 spiro atoms. The van der Waals surface area contributed by atoms with Gasteiger partial charge in [-0.25, -0.2) is 0 Å². The number of benzene rings is 1. The van der Waals surface area contributed by atoms with E-state index in [0.717, 1.165) is 37.9 Å². The van der Waals surface area contributed by atoms with Crippen LogP contribution in [0.5, 0.6) is 11.5 Å². The van der Waals surface area contributed by atoms with Gasteiger partial charge in [0.05, 0.1) is 18.6 Å². The van der Waals surface area contributed by atoms with Crippen molar-refractivity contribution < 1.29 is 19.1 Å². The summed E-state index contributed by atoms with van der Waals surface area (Å²) < 4.78 is 11.5. The van der Waals surface area contributed by atoms with Crippen LogP contribution in [0.3, 0.4) is 0 Å². The van der Waals surface area contributed by atoms with Crippen LogP contribution in [0.2, 0.25) is 0 Å². The van der Waals surface area contributed by atoms with Gasteiger partial charge in [-0.1, -0.05) is 38.5 Å². The fourth-order valence-corrected chi connectivity index (χ4v) is 5.44. The molecule has 1 aromatic heterocycles. The summed E-state index contributed by atoms with van der Waals surface area (Å²) in [5, 5.41) is 3.35. The van der Waals surface area contributed by atoms with Gasteiger partial charge < -0.3 is 19.7 Å². The van der Waals surface area contributed by atoms with Gasteiger partial charge >= 0.3 is 0 Å². The molecule has 2 aromatic rings. The number of rotatable bonds is 4. The number of para-hydroxylation sites is 1. The molecule has 0 saturated carbocycles. The number of fused-ring (bicyclic) bond motifs is 1. The fraction of sp³-hybridized carbons (Fsp3) is 0.552. The van der Waals surface area contributed by atoms with Crippen molar-refractivity contribution in [1.82, 2.24) is 15.2 Å². The highest BCUT2D eigenvalue weighted by Crippen LogP contribution is 2.38. The summed E-state index contributed by atoms with van der Waals surface area (Å²) in [6.07, 6.45) is 7.48. The van der Waals surface area contributed by atoms with E-state index in [0.29, 0.717) is 49.9 Å². The molecule has 3 heterocycles. The first-order valence-electron chi connectivity index (χ1n) is 13.2. The lowest BCUT2D eigenvalue weighted by Gasteiger charge is -2.41. The van der Waals surface area contributed by atoms with Crippen LogP contribution in [-0.4, -0.2) is 54.5 Å². The second kappa shape index (κ2) is 11.8. The Balaban J connectivity index is 1.49. The zero-order chi connectivity index (χ0) is 25.5. The first-order chi connectivity index (χ1) is 17.4. The summed E-state index contributed by atoms with van der Waals surface area (Å²) in [5.41, 5.74) is 1.14. The second-order valence-electron chi connectivity index (χ2n) is 10.6. The molecule has 4 rings (SSSR count). The number of ether oxygens (including phenoxy) is 2. The Morgan fingerprint density at radius 1 is 1.19 bits per heavy atom. The van der Waals surface area contributed by atoms with Crippen LogP contribution in [0.15, 0.2) is 42.6 Å². The third-order valence-electron chi connectivity index (χ3n) is 7.53. The number of aryl methyl sites for hydroxylation is 1. The summed E-state index contributed by atoms with van der Waals surface area (Å²) in [6, 6.07) is 11.6. The van der Waals surface area contributed by atoms with E-state index >= 15 is 0 Å². The van der Waals surface area contributed by atoms with Crippen LogP contribution in [0.4, 0.5) is 0 Å². The average Bonchev–Trinajstić information content (AvgIpc) is 2.89. The molecule has 0 radical (unpaired) electrons. The van der Waals surface area contributed by atoms with Crippen molar-refractivity contribution in [3.63, 3.8) is 0 Å². The fourth-order valence-electron chi connectivity index (χ4n) is 5.44. The van der Waals surface area contributed by atoms with Gasteiger partial charge in [-0.3, -0.25) is 14.6 Å². The van der Waals surface area contributed by atoms with E-state index in [9.17, 15) is 9.59 Å². The average molecular weight is 494 g/mol. The van der Waals surface area contributed by atoms with Gasteiger partial charge in [0.2, 0.25) is 5.91 Å². The van der Waals surface area contributed by atoms with Gasteiger partial charge in [0, 0.05) is 25.4 Å². The van der Waals surface area contributed by atoms with Crippen LogP contribution in [-0.2, 0) is 11.2 Å². The standard InChI is InChI=1S/C29H39N3O4/c1-21(2)18-23-20-36-26-10-5-4-8-22(26)9-6-7-12-29(28(34)31-23)13-16-32(17-14-29)27(33)25-19-24(35-3)11-15-30-25/h4-5,8,10-11,15,19,21,23H,6-7,9,12-14,16-18,20H2,1-3H3,(H,31,34)/t23-/m0/s1. The smallest absolute Gasteiger partial charge is 0.272 e. The van der Waals surface area contributed by atoms with Crippen LogP contribution in [0, 0.1) is 11.3 Å². The maximum Gasteiger partial charge on any atom is 0.272 e. The Morgan fingerprint density at radius 3 is 2.72 bits per heavy atom. The van der Waals surface area contributed by atoms with Crippen molar-refractivity contribution >= 4 is 11.8 Å². The van der Waals surface area contributed by atoms with Crippen molar-refractivity contribution in [2.45, 2.75) is 64.8 Å². The Hall–Kier alpha value is -3.09. The minimum atomic E-state index is -0.466. The minimum Gasteiger partial charge on any atom is -0.497 e. The highest BCUT2D eigenvalue weighted by Gasteiger charge is 2.42. The number of pyridine rings is 1. The Morgan fingerprint density at radius 2 is 1.97 bits per heavy atom. The zero-order valence-electron chi connectivity index (χ0n) is 21.8. The molecular formula is C29H39N3O4. The normalized spacial score (nSPS) is 20.5. The lowest BCUT2D eigenvalue weighted by atomic mass is 9.73. The molecule has 1 fully saturated rings. The van der Waals surface area contributed by atoms with Crippen molar-refractivity contribution in [2.75, 3.05) is 26.8 Å². The molecule has 2 aliphatic rings. The lowest BCUT2D eigenvalue weighted by Crippen LogP contribution is -2.53. The minimum absolute atomic E-state index is 0.0532. The first-order valence-corrected chi connectivity index (χ1v) is 13.2. The Labute approximate surface area is 214 Å². The van der Waals surface area contributed by atoms with E-state index in [4.69, 9.17) is 9.47 Å². The number of carbonyl (C=O) groups excluding carboxylic acids is 2. The van der Waals surface area contributed by atoms with Gasteiger partial charge in [0.25, 0.3) is 5.91 Å². The molecule has 2 amide bonds. The first kappa shape index (κ1) is 26.0. The van der Waals surface area contributed by atoms with E-state index in [1.807, 2.05) is 17.0 Å². The summed E-state index contributed by atoms with van der Waals surface area (Å²) in [7, 11) is 1.58. The number of nitrogens with one attached hydrogen (secondary N) is 1. The molecule has 1 atom stereocenters. The van der Waals surface area contributed by atoms with Crippen molar-refractivity contribution in [1.29, 1.82) is 0 Å². The lowest BCUT2D eigenvalue weighted by molar-refractivity contribution is -0.135. The van der Waals surface area contributed by atoms with Crippen molar-refractivity contribution in [3.05, 3.63) is 53.9 Å². The molecule has 0 bridgehead atoms. The SMILES string of the molecule is COc1ccnc(C(=O)N2CCC3(CCCCc4ccccc4OC[C@H](CC(C)C)NC3=O)CC2)c1. The van der Waals surface area contributed by atoms with E-state index in [1.54, 1.807) is 25.4 Å². The van der Waals surface area contributed by atoms with Gasteiger partial charge in [-0.2, -0.15) is 0 Å². The Kier molecular flexibility index (Phi) is 8.49. The number of aromatic nitrogens is 1. The van der Waals surface area contributed by atoms with Crippen LogP contribution >= 0.6 is 0 Å².